The van der Waals surface area contributed by atoms with Crippen molar-refractivity contribution < 1.29 is 9.53 Å². The molecule has 0 aliphatic heterocycles. The first-order valence-corrected chi connectivity index (χ1v) is 8.29. The summed E-state index contributed by atoms with van der Waals surface area (Å²) in [4.78, 5) is 21.6. The minimum atomic E-state index is -0.244. The quantitative estimate of drug-likeness (QED) is 0.773. The molecular weight excluding hydrogens is 316 g/mol. The summed E-state index contributed by atoms with van der Waals surface area (Å²) >= 11 is 0. The van der Waals surface area contributed by atoms with E-state index in [1.54, 1.807) is 37.6 Å². The van der Waals surface area contributed by atoms with Gasteiger partial charge in [0.25, 0.3) is 5.91 Å². The number of hydrogen-bond acceptors (Lipinski definition) is 4. The molecule has 1 unspecified atom stereocenters. The molecule has 2 aromatic heterocycles. The number of hydrogen-bond donors (Lipinski definition) is 1. The first-order valence-electron chi connectivity index (χ1n) is 8.29. The zero-order valence-corrected chi connectivity index (χ0v) is 14.9. The highest BCUT2D eigenvalue weighted by Crippen LogP contribution is 2.23. The molecule has 1 amide bonds. The largest absolute Gasteiger partial charge is 0.497 e. The van der Waals surface area contributed by atoms with Crippen LogP contribution in [-0.2, 0) is 0 Å². The van der Waals surface area contributed by atoms with Crippen molar-refractivity contribution >= 4 is 17.1 Å². The van der Waals surface area contributed by atoms with Crippen LogP contribution >= 0.6 is 0 Å². The van der Waals surface area contributed by atoms with Crippen molar-refractivity contribution in [3.05, 3.63) is 54.0 Å². The second-order valence-corrected chi connectivity index (χ2v) is 6.20. The number of aromatic nitrogens is 3. The third-order valence-corrected chi connectivity index (χ3v) is 4.08. The molecule has 25 heavy (non-hydrogen) atoms. The summed E-state index contributed by atoms with van der Waals surface area (Å²) in [6.45, 7) is 6.09. The number of nitrogens with zero attached hydrogens (tertiary/aromatic N) is 3. The Morgan fingerprint density at radius 3 is 2.52 bits per heavy atom. The summed E-state index contributed by atoms with van der Waals surface area (Å²) in [5.74, 6) is 1.37. The van der Waals surface area contributed by atoms with E-state index in [0.717, 1.165) is 22.7 Å². The van der Waals surface area contributed by atoms with E-state index in [-0.39, 0.29) is 18.0 Å². The van der Waals surface area contributed by atoms with Crippen LogP contribution < -0.4 is 10.1 Å². The Balaban J connectivity index is 1.87. The molecule has 0 saturated carbocycles. The van der Waals surface area contributed by atoms with Gasteiger partial charge in [-0.2, -0.15) is 0 Å². The van der Waals surface area contributed by atoms with Crippen LogP contribution in [0.5, 0.6) is 5.75 Å². The van der Waals surface area contributed by atoms with Gasteiger partial charge in [0.15, 0.2) is 5.65 Å². The van der Waals surface area contributed by atoms with Gasteiger partial charge in [-0.1, -0.05) is 0 Å². The maximum absolute atomic E-state index is 12.5. The molecule has 0 bridgehead atoms. The van der Waals surface area contributed by atoms with Crippen LogP contribution in [0.25, 0.3) is 11.2 Å². The van der Waals surface area contributed by atoms with E-state index in [2.05, 4.69) is 33.7 Å². The summed E-state index contributed by atoms with van der Waals surface area (Å²) in [6, 6.07) is 10.8. The third kappa shape index (κ3) is 3.33. The molecule has 1 atom stereocenters. The number of fused-ring (bicyclic) bond motifs is 1. The van der Waals surface area contributed by atoms with Gasteiger partial charge in [-0.15, -0.1) is 0 Å². The van der Waals surface area contributed by atoms with Crippen LogP contribution in [0.4, 0.5) is 0 Å². The van der Waals surface area contributed by atoms with Gasteiger partial charge in [0, 0.05) is 17.8 Å². The Kier molecular flexibility index (Phi) is 4.70. The SMILES string of the molecule is COc1ccc(C(=O)NC(C)c2nc3cccnc3n2C(C)C)cc1. The number of imidazole rings is 1. The molecule has 6 nitrogen and oxygen atoms in total. The van der Waals surface area contributed by atoms with Gasteiger partial charge in [-0.05, 0) is 57.2 Å². The van der Waals surface area contributed by atoms with Gasteiger partial charge < -0.3 is 14.6 Å². The van der Waals surface area contributed by atoms with Crippen molar-refractivity contribution in [1.29, 1.82) is 0 Å². The van der Waals surface area contributed by atoms with Crippen LogP contribution in [0.2, 0.25) is 0 Å². The lowest BCUT2D eigenvalue weighted by Gasteiger charge is -2.18. The second-order valence-electron chi connectivity index (χ2n) is 6.20. The normalized spacial score (nSPS) is 12.4. The Bertz CT molecular complexity index is 884. The van der Waals surface area contributed by atoms with E-state index in [4.69, 9.17) is 4.74 Å². The van der Waals surface area contributed by atoms with Crippen molar-refractivity contribution in [2.24, 2.45) is 0 Å². The van der Waals surface area contributed by atoms with E-state index >= 15 is 0 Å². The molecule has 3 aromatic rings. The number of amides is 1. The summed E-state index contributed by atoms with van der Waals surface area (Å²) < 4.78 is 7.19. The maximum Gasteiger partial charge on any atom is 0.251 e. The zero-order valence-electron chi connectivity index (χ0n) is 14.9. The molecule has 0 saturated heterocycles. The van der Waals surface area contributed by atoms with E-state index < -0.39 is 0 Å². The number of carbonyl (C=O) groups is 1. The molecule has 0 spiro atoms. The summed E-state index contributed by atoms with van der Waals surface area (Å²) in [7, 11) is 1.60. The van der Waals surface area contributed by atoms with Crippen molar-refractivity contribution in [3.63, 3.8) is 0 Å². The molecular formula is C19H22N4O2. The molecule has 3 rings (SSSR count). The van der Waals surface area contributed by atoms with Gasteiger partial charge in [-0.25, -0.2) is 9.97 Å². The summed E-state index contributed by atoms with van der Waals surface area (Å²) in [5.41, 5.74) is 2.24. The minimum absolute atomic E-state index is 0.148. The molecule has 1 aromatic carbocycles. The highest BCUT2D eigenvalue weighted by atomic mass is 16.5. The first kappa shape index (κ1) is 17.0. The van der Waals surface area contributed by atoms with Gasteiger partial charge in [0.2, 0.25) is 0 Å². The zero-order chi connectivity index (χ0) is 18.0. The predicted octanol–water partition coefficient (Wildman–Crippen LogP) is 3.51. The van der Waals surface area contributed by atoms with Crippen molar-refractivity contribution in [1.82, 2.24) is 19.9 Å². The number of carbonyl (C=O) groups excluding carboxylic acids is 1. The average Bonchev–Trinajstić information content (AvgIpc) is 3.01. The molecule has 130 valence electrons. The summed E-state index contributed by atoms with van der Waals surface area (Å²) in [6.07, 6.45) is 1.76. The Labute approximate surface area is 146 Å². The fourth-order valence-electron chi connectivity index (χ4n) is 2.85. The third-order valence-electron chi connectivity index (χ3n) is 4.08. The lowest BCUT2D eigenvalue weighted by Crippen LogP contribution is -2.29. The number of ether oxygens (including phenoxy) is 1. The van der Waals surface area contributed by atoms with E-state index in [9.17, 15) is 4.79 Å². The Morgan fingerprint density at radius 2 is 1.88 bits per heavy atom. The number of pyridine rings is 1. The van der Waals surface area contributed by atoms with Crippen LogP contribution in [0, 0.1) is 0 Å². The molecule has 0 fully saturated rings. The highest BCUT2D eigenvalue weighted by Gasteiger charge is 2.21. The number of methoxy groups -OCH3 is 1. The van der Waals surface area contributed by atoms with Crippen LogP contribution in [0.15, 0.2) is 42.6 Å². The fraction of sp³-hybridized carbons (Fsp3) is 0.316. The standard InChI is InChI=1S/C19H22N4O2/c1-12(2)23-17(22-16-6-5-11-20-18(16)23)13(3)21-19(24)14-7-9-15(25-4)10-8-14/h5-13H,1-4H3,(H,21,24). The molecule has 0 aliphatic carbocycles. The summed E-state index contributed by atoms with van der Waals surface area (Å²) in [5, 5.41) is 3.02. The predicted molar refractivity (Wildman–Crippen MR) is 96.8 cm³/mol. The molecule has 0 radical (unpaired) electrons. The smallest absolute Gasteiger partial charge is 0.251 e. The molecule has 1 N–H and O–H groups in total. The van der Waals surface area contributed by atoms with E-state index in [1.807, 2.05) is 19.1 Å². The van der Waals surface area contributed by atoms with Crippen molar-refractivity contribution in [2.45, 2.75) is 32.9 Å². The average molecular weight is 338 g/mol. The number of benzene rings is 1. The maximum atomic E-state index is 12.5. The second kappa shape index (κ2) is 6.93. The topological polar surface area (TPSA) is 69.0 Å². The Morgan fingerprint density at radius 1 is 1.16 bits per heavy atom. The molecule has 6 heteroatoms. The van der Waals surface area contributed by atoms with Crippen LogP contribution in [-0.4, -0.2) is 27.6 Å². The van der Waals surface area contributed by atoms with Crippen molar-refractivity contribution in [3.8, 4) is 5.75 Å². The fourth-order valence-corrected chi connectivity index (χ4v) is 2.85. The van der Waals surface area contributed by atoms with Gasteiger partial charge >= 0.3 is 0 Å². The highest BCUT2D eigenvalue weighted by molar-refractivity contribution is 5.94. The Hall–Kier alpha value is -2.89. The van der Waals surface area contributed by atoms with Gasteiger partial charge in [0.05, 0.1) is 13.2 Å². The lowest BCUT2D eigenvalue weighted by molar-refractivity contribution is 0.0937. The number of nitrogens with one attached hydrogen (secondary N) is 1. The molecule has 2 heterocycles. The lowest BCUT2D eigenvalue weighted by atomic mass is 10.2. The molecule has 0 aliphatic rings. The van der Waals surface area contributed by atoms with E-state index in [0.29, 0.717) is 5.56 Å². The van der Waals surface area contributed by atoms with Crippen LogP contribution in [0.1, 0.15) is 49.0 Å². The monoisotopic (exact) mass is 338 g/mol. The van der Waals surface area contributed by atoms with Crippen LogP contribution in [0.3, 0.4) is 0 Å². The van der Waals surface area contributed by atoms with Gasteiger partial charge in [-0.3, -0.25) is 4.79 Å². The van der Waals surface area contributed by atoms with Crippen molar-refractivity contribution in [2.75, 3.05) is 7.11 Å². The minimum Gasteiger partial charge on any atom is -0.497 e. The van der Waals surface area contributed by atoms with E-state index in [1.165, 1.54) is 0 Å². The first-order chi connectivity index (χ1) is 12.0. The number of rotatable bonds is 5. The van der Waals surface area contributed by atoms with Gasteiger partial charge in [0.1, 0.15) is 17.1 Å².